The molecular formula is C14H10ClFN4O. The fourth-order valence-electron chi connectivity index (χ4n) is 1.93. The van der Waals surface area contributed by atoms with Gasteiger partial charge < -0.3 is 11.1 Å². The molecule has 0 aliphatic rings. The van der Waals surface area contributed by atoms with Gasteiger partial charge in [0.2, 0.25) is 5.95 Å². The van der Waals surface area contributed by atoms with Crippen LogP contribution < -0.4 is 16.6 Å². The number of rotatable bonds is 2. The summed E-state index contributed by atoms with van der Waals surface area (Å²) in [6.07, 6.45) is 0. The lowest BCUT2D eigenvalue weighted by Crippen LogP contribution is -2.11. The van der Waals surface area contributed by atoms with Crippen LogP contribution >= 0.6 is 11.6 Å². The van der Waals surface area contributed by atoms with E-state index in [1.54, 1.807) is 18.2 Å². The first kappa shape index (κ1) is 13.4. The van der Waals surface area contributed by atoms with E-state index in [0.717, 1.165) is 0 Å². The predicted octanol–water partition coefficient (Wildman–Crippen LogP) is 3.04. The second-order valence-electron chi connectivity index (χ2n) is 4.44. The number of halogens is 2. The Labute approximate surface area is 123 Å². The van der Waals surface area contributed by atoms with Crippen molar-refractivity contribution in [3.05, 3.63) is 57.6 Å². The molecule has 0 unspecified atom stereocenters. The summed E-state index contributed by atoms with van der Waals surface area (Å²) in [5.74, 6) is -0.230. The van der Waals surface area contributed by atoms with Crippen molar-refractivity contribution in [2.24, 2.45) is 0 Å². The summed E-state index contributed by atoms with van der Waals surface area (Å²) in [6.45, 7) is 0. The summed E-state index contributed by atoms with van der Waals surface area (Å²) in [6, 6.07) is 8.75. The molecule has 0 spiro atoms. The number of benzene rings is 2. The van der Waals surface area contributed by atoms with Crippen LogP contribution in [-0.4, -0.2) is 9.97 Å². The van der Waals surface area contributed by atoms with Crippen molar-refractivity contribution in [1.29, 1.82) is 0 Å². The normalized spacial score (nSPS) is 10.8. The molecule has 0 amide bonds. The third kappa shape index (κ3) is 2.66. The molecule has 0 saturated carbocycles. The number of anilines is 3. The first-order valence-electron chi connectivity index (χ1n) is 6.04. The standard InChI is InChI=1S/C14H10ClFN4O/c15-10-5-7(16)1-3-12(10)19-14-18-11-4-2-8(17)6-9(11)13(21)20-14/h1-6H,17H2,(H2,18,19,20,21). The Kier molecular flexibility index (Phi) is 3.23. The van der Waals surface area contributed by atoms with E-state index >= 15 is 0 Å². The molecule has 0 saturated heterocycles. The number of H-pyrrole nitrogens is 1. The number of hydrogen-bond donors (Lipinski definition) is 3. The number of nitrogens with two attached hydrogens (primary N) is 1. The Morgan fingerprint density at radius 3 is 2.81 bits per heavy atom. The number of nitrogen functional groups attached to an aromatic ring is 1. The van der Waals surface area contributed by atoms with Crippen LogP contribution in [0.15, 0.2) is 41.2 Å². The number of nitrogens with one attached hydrogen (secondary N) is 2. The van der Waals surface area contributed by atoms with Gasteiger partial charge in [-0.1, -0.05) is 11.6 Å². The van der Waals surface area contributed by atoms with Gasteiger partial charge in [0.25, 0.3) is 5.56 Å². The van der Waals surface area contributed by atoms with E-state index in [1.807, 2.05) is 0 Å². The fraction of sp³-hybridized carbons (Fsp3) is 0. The quantitative estimate of drug-likeness (QED) is 0.635. The van der Waals surface area contributed by atoms with Crippen molar-refractivity contribution in [2.45, 2.75) is 0 Å². The van der Waals surface area contributed by atoms with Crippen LogP contribution in [0, 0.1) is 5.82 Å². The lowest BCUT2D eigenvalue weighted by Gasteiger charge is -2.08. The van der Waals surface area contributed by atoms with Crippen LogP contribution in [0.4, 0.5) is 21.7 Å². The summed E-state index contributed by atoms with van der Waals surface area (Å²) < 4.78 is 13.0. The van der Waals surface area contributed by atoms with E-state index in [-0.39, 0.29) is 16.5 Å². The molecule has 3 aromatic rings. The molecule has 0 atom stereocenters. The van der Waals surface area contributed by atoms with Crippen LogP contribution in [0.25, 0.3) is 10.9 Å². The van der Waals surface area contributed by atoms with E-state index < -0.39 is 5.82 Å². The van der Waals surface area contributed by atoms with E-state index in [0.29, 0.717) is 22.3 Å². The SMILES string of the molecule is Nc1ccc2nc(Nc3ccc(F)cc3Cl)[nH]c(=O)c2c1. The Hall–Kier alpha value is -2.60. The van der Waals surface area contributed by atoms with Gasteiger partial charge >= 0.3 is 0 Å². The third-order valence-corrected chi connectivity index (χ3v) is 3.23. The van der Waals surface area contributed by atoms with Gasteiger partial charge in [0.05, 0.1) is 21.6 Å². The third-order valence-electron chi connectivity index (χ3n) is 2.91. The summed E-state index contributed by atoms with van der Waals surface area (Å²) in [5, 5.41) is 3.43. The van der Waals surface area contributed by atoms with Gasteiger partial charge in [-0.3, -0.25) is 9.78 Å². The summed E-state index contributed by atoms with van der Waals surface area (Å²) in [4.78, 5) is 18.8. The van der Waals surface area contributed by atoms with E-state index in [9.17, 15) is 9.18 Å². The number of fused-ring (bicyclic) bond motifs is 1. The van der Waals surface area contributed by atoms with Gasteiger partial charge in [-0.25, -0.2) is 9.37 Å². The average molecular weight is 305 g/mol. The van der Waals surface area contributed by atoms with Crippen molar-refractivity contribution < 1.29 is 4.39 Å². The molecule has 0 radical (unpaired) electrons. The zero-order valence-electron chi connectivity index (χ0n) is 10.7. The maximum absolute atomic E-state index is 13.0. The van der Waals surface area contributed by atoms with E-state index in [4.69, 9.17) is 17.3 Å². The minimum atomic E-state index is -0.444. The van der Waals surface area contributed by atoms with E-state index in [2.05, 4.69) is 15.3 Å². The first-order valence-corrected chi connectivity index (χ1v) is 6.42. The molecule has 21 heavy (non-hydrogen) atoms. The molecule has 1 aromatic heterocycles. The second kappa shape index (κ2) is 5.06. The Balaban J connectivity index is 2.05. The maximum Gasteiger partial charge on any atom is 0.260 e. The fourth-order valence-corrected chi connectivity index (χ4v) is 2.15. The van der Waals surface area contributed by atoms with Gasteiger partial charge in [0, 0.05) is 5.69 Å². The van der Waals surface area contributed by atoms with Crippen LogP contribution in [0.2, 0.25) is 5.02 Å². The first-order chi connectivity index (χ1) is 10.0. The molecule has 1 heterocycles. The van der Waals surface area contributed by atoms with Crippen LogP contribution in [0.3, 0.4) is 0 Å². The largest absolute Gasteiger partial charge is 0.399 e. The van der Waals surface area contributed by atoms with Crippen LogP contribution in [0.5, 0.6) is 0 Å². The van der Waals surface area contributed by atoms with E-state index in [1.165, 1.54) is 18.2 Å². The molecule has 0 fully saturated rings. The number of nitrogens with zero attached hydrogens (tertiary/aromatic N) is 1. The van der Waals surface area contributed by atoms with Crippen LogP contribution in [-0.2, 0) is 0 Å². The molecule has 4 N–H and O–H groups in total. The number of hydrogen-bond acceptors (Lipinski definition) is 4. The highest BCUT2D eigenvalue weighted by Gasteiger charge is 2.07. The zero-order chi connectivity index (χ0) is 15.0. The average Bonchev–Trinajstić information content (AvgIpc) is 2.43. The Morgan fingerprint density at radius 1 is 1.24 bits per heavy atom. The molecule has 3 rings (SSSR count). The van der Waals surface area contributed by atoms with Gasteiger partial charge in [-0.2, -0.15) is 0 Å². The molecule has 106 valence electrons. The minimum absolute atomic E-state index is 0.190. The van der Waals surface area contributed by atoms with Gasteiger partial charge in [-0.05, 0) is 36.4 Å². The van der Waals surface area contributed by atoms with Crippen molar-refractivity contribution in [2.75, 3.05) is 11.1 Å². The lowest BCUT2D eigenvalue weighted by molar-refractivity contribution is 0.628. The molecule has 0 aliphatic carbocycles. The van der Waals surface area contributed by atoms with Crippen molar-refractivity contribution >= 4 is 39.8 Å². The highest BCUT2D eigenvalue weighted by Crippen LogP contribution is 2.25. The zero-order valence-corrected chi connectivity index (χ0v) is 11.4. The minimum Gasteiger partial charge on any atom is -0.399 e. The summed E-state index contributed by atoms with van der Waals surface area (Å²) >= 11 is 5.92. The molecule has 7 heteroatoms. The van der Waals surface area contributed by atoms with Gasteiger partial charge in [0.1, 0.15) is 5.82 Å². The highest BCUT2D eigenvalue weighted by molar-refractivity contribution is 6.33. The van der Waals surface area contributed by atoms with Gasteiger partial charge in [0.15, 0.2) is 0 Å². The van der Waals surface area contributed by atoms with Crippen molar-refractivity contribution in [3.63, 3.8) is 0 Å². The smallest absolute Gasteiger partial charge is 0.260 e. The predicted molar refractivity (Wildman–Crippen MR) is 81.5 cm³/mol. The monoisotopic (exact) mass is 304 g/mol. The topological polar surface area (TPSA) is 83.8 Å². The maximum atomic E-state index is 13.0. The van der Waals surface area contributed by atoms with Crippen molar-refractivity contribution in [1.82, 2.24) is 9.97 Å². The molecule has 5 nitrogen and oxygen atoms in total. The lowest BCUT2D eigenvalue weighted by atomic mass is 10.2. The van der Waals surface area contributed by atoms with Gasteiger partial charge in [-0.15, -0.1) is 0 Å². The molecular weight excluding hydrogens is 295 g/mol. The molecule has 0 aliphatic heterocycles. The summed E-state index contributed by atoms with van der Waals surface area (Å²) in [5.41, 5.74) is 6.73. The highest BCUT2D eigenvalue weighted by atomic mass is 35.5. The number of aromatic amines is 1. The molecule has 0 bridgehead atoms. The van der Waals surface area contributed by atoms with Crippen molar-refractivity contribution in [3.8, 4) is 0 Å². The number of aromatic nitrogens is 2. The van der Waals surface area contributed by atoms with Crippen LogP contribution in [0.1, 0.15) is 0 Å². The Bertz CT molecular complexity index is 894. The molecule has 2 aromatic carbocycles. The summed E-state index contributed by atoms with van der Waals surface area (Å²) in [7, 11) is 0. The Morgan fingerprint density at radius 2 is 2.05 bits per heavy atom. The second-order valence-corrected chi connectivity index (χ2v) is 4.85.